The highest BCUT2D eigenvalue weighted by Crippen LogP contribution is 2.53. The second kappa shape index (κ2) is 5.85. The van der Waals surface area contributed by atoms with Crippen molar-refractivity contribution in [3.05, 3.63) is 41.5 Å². The predicted octanol–water partition coefficient (Wildman–Crippen LogP) is 3.63. The topological polar surface area (TPSA) is 41.5 Å². The molecule has 0 N–H and O–H groups in total. The van der Waals surface area contributed by atoms with Crippen LogP contribution in [0.1, 0.15) is 38.8 Å². The van der Waals surface area contributed by atoms with Crippen LogP contribution in [0, 0.1) is 0 Å². The number of rotatable bonds is 2. The zero-order chi connectivity index (χ0) is 14.8. The number of benzene rings is 1. The van der Waals surface area contributed by atoms with Crippen LogP contribution in [-0.4, -0.2) is 12.8 Å². The first-order valence-corrected chi connectivity index (χ1v) is 8.78. The molecule has 1 unspecified atom stereocenters. The lowest BCUT2D eigenvalue weighted by molar-refractivity contribution is -0.209. The van der Waals surface area contributed by atoms with Crippen LogP contribution in [0.3, 0.4) is 0 Å². The summed E-state index contributed by atoms with van der Waals surface area (Å²) in [5.74, 6) is 0.680. The van der Waals surface area contributed by atoms with Gasteiger partial charge in [0.25, 0.3) is 7.94 Å². The minimum atomic E-state index is -3.06. The van der Waals surface area contributed by atoms with Gasteiger partial charge in [-0.05, 0) is 36.5 Å². The minimum Gasteiger partial charge on any atom is -0.624 e. The Morgan fingerprint density at radius 3 is 2.70 bits per heavy atom. The van der Waals surface area contributed by atoms with Gasteiger partial charge in [0.15, 0.2) is 5.75 Å². The standard InChI is InChI=1S/C16H23O3P/c1-5-18-20(17)11-7-6-8-13-12-14(16(2,3)4)9-10-15(13)19-20/h6-7,9-10,12H,5,8,11H2,1-4H3/b7-6-. The number of hydrogen-bond donors (Lipinski definition) is 0. The molecule has 0 saturated heterocycles. The molecule has 0 aromatic heterocycles. The molecule has 0 fully saturated rings. The average Bonchev–Trinajstić information content (AvgIpc) is 2.33. The molecule has 1 aromatic rings. The molecule has 1 aromatic carbocycles. The van der Waals surface area contributed by atoms with Crippen molar-refractivity contribution in [2.24, 2.45) is 0 Å². The van der Waals surface area contributed by atoms with Crippen molar-refractivity contribution in [3.8, 4) is 5.75 Å². The molecule has 0 spiro atoms. The second-order valence-electron chi connectivity index (χ2n) is 6.05. The molecular formula is C16H23O3P. The van der Waals surface area contributed by atoms with E-state index >= 15 is 0 Å². The van der Waals surface area contributed by atoms with Crippen molar-refractivity contribution in [2.75, 3.05) is 12.8 Å². The van der Waals surface area contributed by atoms with Gasteiger partial charge in [0.1, 0.15) is 6.16 Å². The maximum absolute atomic E-state index is 12.6. The molecule has 0 amide bonds. The smallest absolute Gasteiger partial charge is 0.288 e. The quantitative estimate of drug-likeness (QED) is 0.618. The fourth-order valence-corrected chi connectivity index (χ4v) is 3.68. The summed E-state index contributed by atoms with van der Waals surface area (Å²) < 4.78 is 11.1. The summed E-state index contributed by atoms with van der Waals surface area (Å²) in [6.07, 6.45) is 5.06. The van der Waals surface area contributed by atoms with E-state index < -0.39 is 7.94 Å². The Morgan fingerprint density at radius 1 is 1.30 bits per heavy atom. The van der Waals surface area contributed by atoms with E-state index in [9.17, 15) is 4.89 Å². The Morgan fingerprint density at radius 2 is 2.05 bits per heavy atom. The largest absolute Gasteiger partial charge is 0.624 e. The Balaban J connectivity index is 2.37. The van der Waals surface area contributed by atoms with Crippen molar-refractivity contribution in [3.63, 3.8) is 0 Å². The van der Waals surface area contributed by atoms with Crippen molar-refractivity contribution in [1.29, 1.82) is 0 Å². The third-order valence-corrected chi connectivity index (χ3v) is 5.11. The molecule has 0 bridgehead atoms. The lowest BCUT2D eigenvalue weighted by atomic mass is 9.85. The normalized spacial score (nSPS) is 24.2. The van der Waals surface area contributed by atoms with Crippen LogP contribution in [0.25, 0.3) is 0 Å². The van der Waals surface area contributed by atoms with E-state index in [2.05, 4.69) is 26.8 Å². The van der Waals surface area contributed by atoms with E-state index in [1.807, 2.05) is 31.2 Å². The molecule has 0 saturated carbocycles. The molecular weight excluding hydrogens is 271 g/mol. The van der Waals surface area contributed by atoms with Crippen LogP contribution in [0.15, 0.2) is 30.4 Å². The zero-order valence-corrected chi connectivity index (χ0v) is 13.6. The van der Waals surface area contributed by atoms with Crippen molar-refractivity contribution >= 4 is 7.94 Å². The number of hydrogen-bond acceptors (Lipinski definition) is 3. The highest BCUT2D eigenvalue weighted by atomic mass is 31.2. The van der Waals surface area contributed by atoms with Crippen molar-refractivity contribution in [1.82, 2.24) is 0 Å². The average molecular weight is 294 g/mol. The van der Waals surface area contributed by atoms with Gasteiger partial charge < -0.3 is 9.42 Å². The van der Waals surface area contributed by atoms with Gasteiger partial charge in [-0.2, -0.15) is 0 Å². The molecule has 4 heteroatoms. The fourth-order valence-electron chi connectivity index (χ4n) is 2.17. The Kier molecular flexibility index (Phi) is 4.53. The molecule has 110 valence electrons. The van der Waals surface area contributed by atoms with Crippen LogP contribution < -0.4 is 9.42 Å². The summed E-state index contributed by atoms with van der Waals surface area (Å²) in [6.45, 7) is 8.76. The summed E-state index contributed by atoms with van der Waals surface area (Å²) in [5.41, 5.74) is 2.40. The van der Waals surface area contributed by atoms with Gasteiger partial charge in [0.2, 0.25) is 0 Å². The third-order valence-electron chi connectivity index (χ3n) is 3.32. The SMILES string of the molecule is CCO[P+]1([O-])C/C=C\Cc2cc(C(C)(C)C)ccc2O1. The zero-order valence-electron chi connectivity index (χ0n) is 12.7. The molecule has 0 radical (unpaired) electrons. The van der Waals surface area contributed by atoms with Crippen LogP contribution in [-0.2, 0) is 16.4 Å². The predicted molar refractivity (Wildman–Crippen MR) is 82.0 cm³/mol. The van der Waals surface area contributed by atoms with Crippen LogP contribution in [0.2, 0.25) is 0 Å². The molecule has 1 aliphatic rings. The summed E-state index contributed by atoms with van der Waals surface area (Å²) in [5, 5.41) is 0. The first kappa shape index (κ1) is 15.5. The monoisotopic (exact) mass is 294 g/mol. The first-order valence-electron chi connectivity index (χ1n) is 7.06. The minimum absolute atomic E-state index is 0.0880. The summed E-state index contributed by atoms with van der Waals surface area (Å²) in [7, 11) is -3.06. The van der Waals surface area contributed by atoms with Crippen molar-refractivity contribution in [2.45, 2.75) is 39.5 Å². The molecule has 1 aliphatic heterocycles. The highest BCUT2D eigenvalue weighted by molar-refractivity contribution is 7.59. The lowest BCUT2D eigenvalue weighted by Gasteiger charge is -2.29. The van der Waals surface area contributed by atoms with E-state index in [4.69, 9.17) is 9.05 Å². The van der Waals surface area contributed by atoms with E-state index in [0.717, 1.165) is 12.0 Å². The molecule has 1 atom stereocenters. The fraction of sp³-hybridized carbons (Fsp3) is 0.500. The number of allylic oxidation sites excluding steroid dienone is 2. The van der Waals surface area contributed by atoms with Gasteiger partial charge in [-0.15, -0.1) is 0 Å². The molecule has 0 aliphatic carbocycles. The van der Waals surface area contributed by atoms with Gasteiger partial charge in [0, 0.05) is 5.56 Å². The highest BCUT2D eigenvalue weighted by Gasteiger charge is 2.32. The van der Waals surface area contributed by atoms with Gasteiger partial charge in [-0.25, -0.2) is 4.52 Å². The van der Waals surface area contributed by atoms with Gasteiger partial charge in [-0.1, -0.05) is 39.0 Å². The van der Waals surface area contributed by atoms with E-state index in [1.165, 1.54) is 5.56 Å². The van der Waals surface area contributed by atoms with E-state index in [1.54, 1.807) is 0 Å². The number of fused-ring (bicyclic) bond motifs is 1. The van der Waals surface area contributed by atoms with Crippen LogP contribution in [0.5, 0.6) is 5.75 Å². The maximum atomic E-state index is 12.6. The summed E-state index contributed by atoms with van der Waals surface area (Å²) in [6, 6.07) is 6.10. The molecule has 20 heavy (non-hydrogen) atoms. The van der Waals surface area contributed by atoms with Crippen molar-refractivity contribution < 1.29 is 13.9 Å². The van der Waals surface area contributed by atoms with Gasteiger partial charge in [-0.3, -0.25) is 0 Å². The van der Waals surface area contributed by atoms with E-state index in [0.29, 0.717) is 18.5 Å². The van der Waals surface area contributed by atoms with Crippen LogP contribution >= 0.6 is 7.94 Å². The Bertz CT molecular complexity index is 505. The van der Waals surface area contributed by atoms with Gasteiger partial charge >= 0.3 is 0 Å². The van der Waals surface area contributed by atoms with Crippen LogP contribution in [0.4, 0.5) is 0 Å². The molecule has 1 heterocycles. The second-order valence-corrected chi connectivity index (χ2v) is 8.08. The van der Waals surface area contributed by atoms with Gasteiger partial charge in [0.05, 0.1) is 6.61 Å². The Hall–Kier alpha value is -0.890. The summed E-state index contributed by atoms with van der Waals surface area (Å²) >= 11 is 0. The Labute approximate surface area is 122 Å². The maximum Gasteiger partial charge on any atom is 0.288 e. The summed E-state index contributed by atoms with van der Waals surface area (Å²) in [4.78, 5) is 12.6. The lowest BCUT2D eigenvalue weighted by Crippen LogP contribution is -2.22. The van der Waals surface area contributed by atoms with E-state index in [-0.39, 0.29) is 5.41 Å². The third kappa shape index (κ3) is 3.60. The molecule has 3 nitrogen and oxygen atoms in total. The first-order chi connectivity index (χ1) is 9.34. The molecule has 2 rings (SSSR count).